The molecule has 0 N–H and O–H groups in total. The lowest BCUT2D eigenvalue weighted by Gasteiger charge is -2.35. The maximum absolute atomic E-state index is 5.69. The van der Waals surface area contributed by atoms with E-state index in [-0.39, 0.29) is 12.2 Å². The second-order valence-corrected chi connectivity index (χ2v) is 4.38. The minimum atomic E-state index is 0.213. The molecule has 1 aliphatic heterocycles. The number of anilines is 1. The zero-order valence-corrected chi connectivity index (χ0v) is 9.82. The summed E-state index contributed by atoms with van der Waals surface area (Å²) in [6.45, 7) is 5.81. The van der Waals surface area contributed by atoms with Crippen LogP contribution in [0.25, 0.3) is 5.65 Å². The average molecular weight is 234 g/mol. The van der Waals surface area contributed by atoms with E-state index in [0.717, 1.165) is 18.9 Å². The van der Waals surface area contributed by atoms with Gasteiger partial charge in [-0.05, 0) is 36.4 Å². The lowest BCUT2D eigenvalue weighted by atomic mass is 10.2. The topological polar surface area (TPSA) is 68.4 Å². The van der Waals surface area contributed by atoms with Gasteiger partial charge >= 0.3 is 0 Å². The fourth-order valence-electron chi connectivity index (χ4n) is 2.17. The summed E-state index contributed by atoms with van der Waals surface area (Å²) in [5.74, 6) is 0.881. The van der Waals surface area contributed by atoms with Crippen LogP contribution in [0, 0.1) is 0 Å². The Balaban J connectivity index is 1.91. The zero-order valence-electron chi connectivity index (χ0n) is 9.82. The molecule has 0 saturated carbocycles. The Bertz CT molecular complexity index is 516. The van der Waals surface area contributed by atoms with Gasteiger partial charge in [-0.3, -0.25) is 0 Å². The second kappa shape index (κ2) is 3.92. The molecule has 3 heterocycles. The summed E-state index contributed by atoms with van der Waals surface area (Å²) >= 11 is 0. The zero-order chi connectivity index (χ0) is 11.8. The highest BCUT2D eigenvalue weighted by Crippen LogP contribution is 2.17. The van der Waals surface area contributed by atoms with Crippen molar-refractivity contribution >= 4 is 11.5 Å². The Morgan fingerprint density at radius 3 is 2.76 bits per heavy atom. The molecular formula is C10H14N6O. The number of hydrogen-bond donors (Lipinski definition) is 0. The molecule has 2 unspecified atom stereocenters. The van der Waals surface area contributed by atoms with Gasteiger partial charge in [0, 0.05) is 13.1 Å². The van der Waals surface area contributed by atoms with Gasteiger partial charge < -0.3 is 9.64 Å². The number of hydrogen-bond acceptors (Lipinski definition) is 6. The van der Waals surface area contributed by atoms with Gasteiger partial charge in [-0.15, -0.1) is 14.8 Å². The van der Waals surface area contributed by atoms with E-state index in [4.69, 9.17) is 4.74 Å². The summed E-state index contributed by atoms with van der Waals surface area (Å²) < 4.78 is 7.14. The van der Waals surface area contributed by atoms with E-state index in [2.05, 4.69) is 39.4 Å². The summed E-state index contributed by atoms with van der Waals surface area (Å²) in [4.78, 5) is 2.19. The van der Waals surface area contributed by atoms with Crippen molar-refractivity contribution < 1.29 is 4.74 Å². The third-order valence-electron chi connectivity index (χ3n) is 2.80. The molecule has 0 aromatic carbocycles. The van der Waals surface area contributed by atoms with E-state index in [1.807, 2.05) is 12.1 Å². The molecular weight excluding hydrogens is 220 g/mol. The van der Waals surface area contributed by atoms with Crippen LogP contribution in [0.2, 0.25) is 0 Å². The van der Waals surface area contributed by atoms with E-state index in [0.29, 0.717) is 5.65 Å². The first-order valence-corrected chi connectivity index (χ1v) is 5.68. The molecule has 2 aromatic rings. The van der Waals surface area contributed by atoms with Crippen molar-refractivity contribution in [2.24, 2.45) is 0 Å². The Labute approximate surface area is 98.4 Å². The first kappa shape index (κ1) is 10.4. The van der Waals surface area contributed by atoms with Crippen LogP contribution in [0.15, 0.2) is 12.1 Å². The third-order valence-corrected chi connectivity index (χ3v) is 2.80. The predicted octanol–water partition coefficient (Wildman–Crippen LogP) is 0.133. The van der Waals surface area contributed by atoms with Crippen LogP contribution >= 0.6 is 0 Å². The number of aromatic nitrogens is 5. The van der Waals surface area contributed by atoms with Crippen LogP contribution in [0.1, 0.15) is 13.8 Å². The minimum absolute atomic E-state index is 0.213. The van der Waals surface area contributed by atoms with Crippen LogP contribution in [-0.2, 0) is 4.74 Å². The number of fused-ring (bicyclic) bond motifs is 1. The first-order chi connectivity index (χ1) is 8.22. The van der Waals surface area contributed by atoms with Crippen molar-refractivity contribution in [3.63, 3.8) is 0 Å². The van der Waals surface area contributed by atoms with Crippen molar-refractivity contribution in [3.05, 3.63) is 12.1 Å². The molecule has 0 bridgehead atoms. The maximum atomic E-state index is 5.69. The predicted molar refractivity (Wildman–Crippen MR) is 60.8 cm³/mol. The lowest BCUT2D eigenvalue weighted by molar-refractivity contribution is -0.00552. The second-order valence-electron chi connectivity index (χ2n) is 4.38. The number of morpholine rings is 1. The van der Waals surface area contributed by atoms with Crippen molar-refractivity contribution in [1.29, 1.82) is 0 Å². The SMILES string of the molecule is CC1CN(c2ccc3nnnn3n2)CC(C)O1. The number of rotatable bonds is 1. The Morgan fingerprint density at radius 2 is 2.00 bits per heavy atom. The fourth-order valence-corrected chi connectivity index (χ4v) is 2.17. The summed E-state index contributed by atoms with van der Waals surface area (Å²) in [5.41, 5.74) is 0.656. The lowest BCUT2D eigenvalue weighted by Crippen LogP contribution is -2.46. The highest BCUT2D eigenvalue weighted by molar-refractivity contribution is 5.44. The number of tetrazole rings is 1. The third kappa shape index (κ3) is 1.93. The van der Waals surface area contributed by atoms with Crippen LogP contribution in [0.4, 0.5) is 5.82 Å². The normalized spacial score (nSPS) is 25.4. The van der Waals surface area contributed by atoms with Crippen LogP contribution in [-0.4, -0.2) is 50.6 Å². The Hall–Kier alpha value is -1.76. The largest absolute Gasteiger partial charge is 0.372 e. The van der Waals surface area contributed by atoms with E-state index < -0.39 is 0 Å². The minimum Gasteiger partial charge on any atom is -0.372 e. The van der Waals surface area contributed by atoms with Crippen LogP contribution in [0.3, 0.4) is 0 Å². The smallest absolute Gasteiger partial charge is 0.200 e. The summed E-state index contributed by atoms with van der Waals surface area (Å²) in [6.07, 6.45) is 0.426. The quantitative estimate of drug-likeness (QED) is 0.698. The van der Waals surface area contributed by atoms with Crippen molar-refractivity contribution in [3.8, 4) is 0 Å². The molecule has 3 rings (SSSR count). The molecule has 2 aromatic heterocycles. The van der Waals surface area contributed by atoms with E-state index in [1.54, 1.807) is 0 Å². The number of ether oxygens (including phenoxy) is 1. The van der Waals surface area contributed by atoms with Gasteiger partial charge in [0.25, 0.3) is 0 Å². The monoisotopic (exact) mass is 234 g/mol. The standard InChI is InChI=1S/C10H14N6O/c1-7-5-15(6-8(2)17-7)10-4-3-9-11-13-14-16(9)12-10/h3-4,7-8H,5-6H2,1-2H3. The molecule has 1 aliphatic rings. The molecule has 7 heteroatoms. The van der Waals surface area contributed by atoms with Gasteiger partial charge in [0.05, 0.1) is 12.2 Å². The molecule has 1 saturated heterocycles. The van der Waals surface area contributed by atoms with Crippen molar-refractivity contribution in [1.82, 2.24) is 25.3 Å². The molecule has 7 nitrogen and oxygen atoms in total. The molecule has 0 amide bonds. The highest BCUT2D eigenvalue weighted by atomic mass is 16.5. The molecule has 17 heavy (non-hydrogen) atoms. The summed E-state index contributed by atoms with van der Waals surface area (Å²) in [7, 11) is 0. The van der Waals surface area contributed by atoms with Gasteiger partial charge in [0.2, 0.25) is 0 Å². The molecule has 90 valence electrons. The van der Waals surface area contributed by atoms with Gasteiger partial charge in [-0.25, -0.2) is 0 Å². The van der Waals surface area contributed by atoms with Crippen molar-refractivity contribution in [2.45, 2.75) is 26.1 Å². The summed E-state index contributed by atoms with van der Waals surface area (Å²) in [6, 6.07) is 3.81. The van der Waals surface area contributed by atoms with Gasteiger partial charge in [0.1, 0.15) is 0 Å². The van der Waals surface area contributed by atoms with E-state index >= 15 is 0 Å². The maximum Gasteiger partial charge on any atom is 0.200 e. The van der Waals surface area contributed by atoms with Gasteiger partial charge in [-0.1, -0.05) is 0 Å². The fraction of sp³-hybridized carbons (Fsp3) is 0.600. The molecule has 1 fully saturated rings. The number of nitrogens with zero attached hydrogens (tertiary/aromatic N) is 6. The van der Waals surface area contributed by atoms with Gasteiger partial charge in [-0.2, -0.15) is 0 Å². The van der Waals surface area contributed by atoms with Crippen LogP contribution in [0.5, 0.6) is 0 Å². The highest BCUT2D eigenvalue weighted by Gasteiger charge is 2.23. The van der Waals surface area contributed by atoms with E-state index in [1.165, 1.54) is 4.63 Å². The average Bonchev–Trinajstić information content (AvgIpc) is 2.74. The molecule has 0 spiro atoms. The summed E-state index contributed by atoms with van der Waals surface area (Å²) in [5, 5.41) is 15.6. The molecule has 0 radical (unpaired) electrons. The van der Waals surface area contributed by atoms with Crippen LogP contribution < -0.4 is 4.90 Å². The Kier molecular flexibility index (Phi) is 2.40. The van der Waals surface area contributed by atoms with Gasteiger partial charge in [0.15, 0.2) is 11.5 Å². The molecule has 0 aliphatic carbocycles. The first-order valence-electron chi connectivity index (χ1n) is 5.68. The molecule has 2 atom stereocenters. The van der Waals surface area contributed by atoms with Crippen molar-refractivity contribution in [2.75, 3.05) is 18.0 Å². The Morgan fingerprint density at radius 1 is 1.24 bits per heavy atom. The van der Waals surface area contributed by atoms with E-state index in [9.17, 15) is 0 Å².